The molecule has 1 N–H and O–H groups in total. The van der Waals surface area contributed by atoms with Crippen LogP contribution in [0.5, 0.6) is 0 Å². The Balaban J connectivity index is 3.17. The van der Waals surface area contributed by atoms with Gasteiger partial charge in [0.25, 0.3) is 0 Å². The molecule has 1 unspecified atom stereocenters. The van der Waals surface area contributed by atoms with Crippen molar-refractivity contribution in [3.8, 4) is 0 Å². The van der Waals surface area contributed by atoms with Gasteiger partial charge in [0, 0.05) is 0 Å². The normalized spacial score (nSPS) is 14.3. The van der Waals surface area contributed by atoms with Gasteiger partial charge in [0.1, 0.15) is 5.54 Å². The van der Waals surface area contributed by atoms with E-state index in [1.165, 1.54) is 7.11 Å². The van der Waals surface area contributed by atoms with Crippen molar-refractivity contribution in [2.75, 3.05) is 14.2 Å². The van der Waals surface area contributed by atoms with Crippen molar-refractivity contribution in [3.05, 3.63) is 35.9 Å². The molecule has 0 saturated heterocycles. The third-order valence-corrected chi connectivity index (χ3v) is 2.76. The Morgan fingerprint density at radius 3 is 2.40 bits per heavy atom. The van der Waals surface area contributed by atoms with Crippen LogP contribution in [-0.2, 0) is 15.1 Å². The molecule has 15 heavy (non-hydrogen) atoms. The number of carbonyl (C=O) groups excluding carboxylic acids is 1. The Hall–Kier alpha value is -1.35. The Labute approximate surface area is 90.4 Å². The topological polar surface area (TPSA) is 38.3 Å². The fourth-order valence-corrected chi connectivity index (χ4v) is 1.79. The third-order valence-electron chi connectivity index (χ3n) is 2.76. The SMILES string of the molecule is CCC(NC)(C(=O)OC)c1ccccc1. The summed E-state index contributed by atoms with van der Waals surface area (Å²) >= 11 is 0. The predicted octanol–water partition coefficient (Wildman–Crippen LogP) is 1.68. The molecule has 0 aliphatic carbocycles. The molecule has 0 bridgehead atoms. The van der Waals surface area contributed by atoms with E-state index >= 15 is 0 Å². The first-order valence-corrected chi connectivity index (χ1v) is 5.04. The number of hydrogen-bond donors (Lipinski definition) is 1. The monoisotopic (exact) mass is 207 g/mol. The summed E-state index contributed by atoms with van der Waals surface area (Å²) in [5, 5.41) is 3.06. The lowest BCUT2D eigenvalue weighted by molar-refractivity contribution is -0.149. The van der Waals surface area contributed by atoms with Crippen LogP contribution in [0.1, 0.15) is 18.9 Å². The second-order valence-corrected chi connectivity index (χ2v) is 3.37. The number of esters is 1. The molecule has 3 nitrogen and oxygen atoms in total. The van der Waals surface area contributed by atoms with E-state index in [1.807, 2.05) is 37.3 Å². The second kappa shape index (κ2) is 4.94. The number of ether oxygens (including phenoxy) is 1. The van der Waals surface area contributed by atoms with E-state index in [-0.39, 0.29) is 5.97 Å². The molecular formula is C12H17NO2. The van der Waals surface area contributed by atoms with Gasteiger partial charge in [-0.1, -0.05) is 37.3 Å². The standard InChI is InChI=1S/C12H17NO2/c1-4-12(13-2,11(14)15-3)10-8-6-5-7-9-10/h5-9,13H,4H2,1-3H3. The number of hydrogen-bond acceptors (Lipinski definition) is 3. The molecule has 3 heteroatoms. The van der Waals surface area contributed by atoms with Gasteiger partial charge in [0.15, 0.2) is 0 Å². The van der Waals surface area contributed by atoms with E-state index in [2.05, 4.69) is 5.32 Å². The van der Waals surface area contributed by atoms with E-state index in [4.69, 9.17) is 4.74 Å². The lowest BCUT2D eigenvalue weighted by Gasteiger charge is -2.29. The van der Waals surface area contributed by atoms with E-state index in [1.54, 1.807) is 7.05 Å². The summed E-state index contributed by atoms with van der Waals surface area (Å²) in [6.07, 6.45) is 0.653. The molecule has 1 atom stereocenters. The molecule has 0 aliphatic heterocycles. The zero-order chi connectivity index (χ0) is 11.3. The quantitative estimate of drug-likeness (QED) is 0.763. The average Bonchev–Trinajstić information content (AvgIpc) is 2.32. The second-order valence-electron chi connectivity index (χ2n) is 3.37. The van der Waals surface area contributed by atoms with Crippen molar-refractivity contribution in [3.63, 3.8) is 0 Å². The summed E-state index contributed by atoms with van der Waals surface area (Å²) in [6, 6.07) is 9.62. The van der Waals surface area contributed by atoms with E-state index in [0.29, 0.717) is 6.42 Å². The summed E-state index contributed by atoms with van der Waals surface area (Å²) in [5.41, 5.74) is 0.206. The van der Waals surface area contributed by atoms with Crippen LogP contribution in [0.3, 0.4) is 0 Å². The molecule has 0 aromatic heterocycles. The Bertz CT molecular complexity index is 318. The van der Waals surface area contributed by atoms with Crippen molar-refractivity contribution >= 4 is 5.97 Å². The minimum absolute atomic E-state index is 0.251. The Morgan fingerprint density at radius 1 is 1.40 bits per heavy atom. The van der Waals surface area contributed by atoms with Crippen molar-refractivity contribution in [2.45, 2.75) is 18.9 Å². The fourth-order valence-electron chi connectivity index (χ4n) is 1.79. The average molecular weight is 207 g/mol. The summed E-state index contributed by atoms with van der Waals surface area (Å²) in [6.45, 7) is 1.96. The van der Waals surface area contributed by atoms with Gasteiger partial charge in [-0.2, -0.15) is 0 Å². The summed E-state index contributed by atoms with van der Waals surface area (Å²) < 4.78 is 4.85. The van der Waals surface area contributed by atoms with Crippen molar-refractivity contribution in [2.24, 2.45) is 0 Å². The summed E-state index contributed by atoms with van der Waals surface area (Å²) in [4.78, 5) is 11.8. The van der Waals surface area contributed by atoms with Crippen LogP contribution in [0.2, 0.25) is 0 Å². The van der Waals surface area contributed by atoms with Gasteiger partial charge in [0.2, 0.25) is 0 Å². The van der Waals surface area contributed by atoms with Crippen LogP contribution in [0, 0.1) is 0 Å². The minimum Gasteiger partial charge on any atom is -0.467 e. The molecule has 0 radical (unpaired) electrons. The predicted molar refractivity (Wildman–Crippen MR) is 59.5 cm³/mol. The molecule has 1 rings (SSSR count). The van der Waals surface area contributed by atoms with Crippen LogP contribution in [0.15, 0.2) is 30.3 Å². The molecule has 82 valence electrons. The Kier molecular flexibility index (Phi) is 3.86. The zero-order valence-electron chi connectivity index (χ0n) is 9.41. The molecule has 0 heterocycles. The maximum atomic E-state index is 11.8. The van der Waals surface area contributed by atoms with Gasteiger partial charge in [-0.05, 0) is 19.0 Å². The first kappa shape index (κ1) is 11.7. The van der Waals surface area contributed by atoms with Crippen molar-refractivity contribution < 1.29 is 9.53 Å². The van der Waals surface area contributed by atoms with Gasteiger partial charge in [-0.3, -0.25) is 0 Å². The van der Waals surface area contributed by atoms with Crippen molar-refractivity contribution in [1.29, 1.82) is 0 Å². The number of methoxy groups -OCH3 is 1. The molecule has 0 fully saturated rings. The first-order valence-electron chi connectivity index (χ1n) is 5.04. The molecule has 1 aromatic carbocycles. The van der Waals surface area contributed by atoms with Gasteiger partial charge in [-0.15, -0.1) is 0 Å². The lowest BCUT2D eigenvalue weighted by atomic mass is 9.87. The highest BCUT2D eigenvalue weighted by Gasteiger charge is 2.37. The summed E-state index contributed by atoms with van der Waals surface area (Å²) in [5.74, 6) is -0.251. The molecule has 0 aliphatic rings. The molecular weight excluding hydrogens is 190 g/mol. The largest absolute Gasteiger partial charge is 0.467 e. The van der Waals surface area contributed by atoms with Gasteiger partial charge >= 0.3 is 5.97 Å². The molecule has 0 amide bonds. The fraction of sp³-hybridized carbons (Fsp3) is 0.417. The summed E-state index contributed by atoms with van der Waals surface area (Å²) in [7, 11) is 3.18. The first-order chi connectivity index (χ1) is 7.21. The van der Waals surface area contributed by atoms with Gasteiger partial charge in [0.05, 0.1) is 7.11 Å². The maximum Gasteiger partial charge on any atom is 0.330 e. The number of likely N-dealkylation sites (N-methyl/N-ethyl adjacent to an activating group) is 1. The highest BCUT2D eigenvalue weighted by Crippen LogP contribution is 2.25. The minimum atomic E-state index is -0.726. The van der Waals surface area contributed by atoms with Crippen LogP contribution < -0.4 is 5.32 Å². The van der Waals surface area contributed by atoms with Gasteiger partial charge < -0.3 is 10.1 Å². The van der Waals surface area contributed by atoms with Crippen molar-refractivity contribution in [1.82, 2.24) is 5.32 Å². The number of carbonyl (C=O) groups is 1. The van der Waals surface area contributed by atoms with E-state index in [0.717, 1.165) is 5.56 Å². The zero-order valence-corrected chi connectivity index (χ0v) is 9.41. The van der Waals surface area contributed by atoms with Crippen LogP contribution >= 0.6 is 0 Å². The number of rotatable bonds is 4. The highest BCUT2D eigenvalue weighted by molar-refractivity contribution is 5.82. The molecule has 1 aromatic rings. The molecule has 0 saturated carbocycles. The number of benzene rings is 1. The van der Waals surface area contributed by atoms with E-state index < -0.39 is 5.54 Å². The highest BCUT2D eigenvalue weighted by atomic mass is 16.5. The van der Waals surface area contributed by atoms with E-state index in [9.17, 15) is 4.79 Å². The molecule has 0 spiro atoms. The maximum absolute atomic E-state index is 11.8. The smallest absolute Gasteiger partial charge is 0.330 e. The van der Waals surface area contributed by atoms with Gasteiger partial charge in [-0.25, -0.2) is 4.79 Å². The van der Waals surface area contributed by atoms with Crippen LogP contribution in [0.25, 0.3) is 0 Å². The lowest BCUT2D eigenvalue weighted by Crippen LogP contribution is -2.47. The third kappa shape index (κ3) is 2.02. The number of nitrogens with one attached hydrogen (secondary N) is 1. The van der Waals surface area contributed by atoms with Crippen LogP contribution in [0.4, 0.5) is 0 Å². The van der Waals surface area contributed by atoms with Crippen LogP contribution in [-0.4, -0.2) is 20.1 Å². The Morgan fingerprint density at radius 2 is 2.00 bits per heavy atom.